The normalized spacial score (nSPS) is 10.9. The number of nitrogens with one attached hydrogen (secondary N) is 1. The largest absolute Gasteiger partial charge is 0.352 e. The third kappa shape index (κ3) is 5.28. The van der Waals surface area contributed by atoms with E-state index in [1.807, 2.05) is 18.2 Å². The van der Waals surface area contributed by atoms with Gasteiger partial charge in [-0.25, -0.2) is 4.39 Å². The van der Waals surface area contributed by atoms with E-state index in [0.717, 1.165) is 10.0 Å². The first-order chi connectivity index (χ1) is 10.5. The molecule has 0 heterocycles. The minimum absolute atomic E-state index is 0.263. The van der Waals surface area contributed by atoms with Gasteiger partial charge in [0.05, 0.1) is 0 Å². The monoisotopic (exact) mass is 381 g/mol. The number of hydrogen-bond donors (Lipinski definition) is 1. The van der Waals surface area contributed by atoms with E-state index in [-0.39, 0.29) is 11.7 Å². The molecule has 0 aromatic heterocycles. The fraction of sp³-hybridized carbons (Fsp3) is 0.118. The van der Waals surface area contributed by atoms with Crippen molar-refractivity contribution in [2.24, 2.45) is 0 Å². The first-order valence-electron chi connectivity index (χ1n) is 6.70. The Morgan fingerprint density at radius 3 is 2.86 bits per heavy atom. The van der Waals surface area contributed by atoms with E-state index >= 15 is 0 Å². The van der Waals surface area contributed by atoms with Crippen LogP contribution < -0.4 is 5.32 Å². The van der Waals surface area contributed by atoms with Crippen LogP contribution in [0.2, 0.25) is 5.02 Å². The van der Waals surface area contributed by atoms with Gasteiger partial charge in [-0.1, -0.05) is 39.7 Å². The highest BCUT2D eigenvalue weighted by Gasteiger charge is 2.01. The molecule has 0 fully saturated rings. The predicted molar refractivity (Wildman–Crippen MR) is 91.3 cm³/mol. The number of halogens is 3. The summed E-state index contributed by atoms with van der Waals surface area (Å²) < 4.78 is 14.3. The molecule has 114 valence electrons. The number of rotatable bonds is 5. The zero-order valence-corrected chi connectivity index (χ0v) is 14.0. The van der Waals surface area contributed by atoms with Crippen LogP contribution in [0.4, 0.5) is 4.39 Å². The van der Waals surface area contributed by atoms with Crippen LogP contribution in [0.3, 0.4) is 0 Å². The van der Waals surface area contributed by atoms with Gasteiger partial charge in [0, 0.05) is 27.7 Å². The average Bonchev–Trinajstić information content (AvgIpc) is 2.48. The van der Waals surface area contributed by atoms with E-state index in [0.29, 0.717) is 23.6 Å². The molecule has 0 saturated heterocycles. The van der Waals surface area contributed by atoms with Crippen molar-refractivity contribution < 1.29 is 9.18 Å². The molecular weight excluding hydrogens is 369 g/mol. The summed E-state index contributed by atoms with van der Waals surface area (Å²) in [6, 6.07) is 12.1. The average molecular weight is 383 g/mol. The summed E-state index contributed by atoms with van der Waals surface area (Å²) >= 11 is 9.16. The van der Waals surface area contributed by atoms with Gasteiger partial charge in [-0.3, -0.25) is 4.79 Å². The molecule has 0 bridgehead atoms. The maximum absolute atomic E-state index is 13.5. The molecule has 0 radical (unpaired) electrons. The second kappa shape index (κ2) is 8.11. The predicted octanol–water partition coefficient (Wildman–Crippen LogP) is 4.61. The highest BCUT2D eigenvalue weighted by molar-refractivity contribution is 9.10. The Balaban J connectivity index is 1.85. The van der Waals surface area contributed by atoms with Crippen molar-refractivity contribution in [3.8, 4) is 0 Å². The van der Waals surface area contributed by atoms with E-state index in [1.54, 1.807) is 18.2 Å². The molecule has 0 atom stereocenters. The van der Waals surface area contributed by atoms with Gasteiger partial charge >= 0.3 is 0 Å². The maximum atomic E-state index is 13.5. The lowest BCUT2D eigenvalue weighted by atomic mass is 10.1. The Morgan fingerprint density at radius 2 is 2.09 bits per heavy atom. The maximum Gasteiger partial charge on any atom is 0.244 e. The molecule has 2 nitrogen and oxygen atoms in total. The van der Waals surface area contributed by atoms with Crippen LogP contribution in [0.25, 0.3) is 6.08 Å². The smallest absolute Gasteiger partial charge is 0.244 e. The minimum atomic E-state index is -0.369. The number of amides is 1. The molecule has 5 heteroatoms. The SMILES string of the molecule is O=C(/C=C/c1cc(Br)ccc1F)NCCc1cccc(Cl)c1. The van der Waals surface area contributed by atoms with Crippen molar-refractivity contribution in [3.63, 3.8) is 0 Å². The third-order valence-corrected chi connectivity index (χ3v) is 3.70. The Labute approximate surface area is 142 Å². The summed E-state index contributed by atoms with van der Waals surface area (Å²) in [4.78, 5) is 11.7. The summed E-state index contributed by atoms with van der Waals surface area (Å²) in [6.45, 7) is 0.491. The van der Waals surface area contributed by atoms with Crippen LogP contribution in [0.15, 0.2) is 53.0 Å². The molecule has 0 aliphatic carbocycles. The fourth-order valence-electron chi connectivity index (χ4n) is 1.89. The number of carbonyl (C=O) groups excluding carboxylic acids is 1. The van der Waals surface area contributed by atoms with Gasteiger partial charge in [0.2, 0.25) is 5.91 Å². The summed E-state index contributed by atoms with van der Waals surface area (Å²) in [5.74, 6) is -0.632. The van der Waals surface area contributed by atoms with Crippen LogP contribution in [0.1, 0.15) is 11.1 Å². The Hall–Kier alpha value is -1.65. The number of hydrogen-bond acceptors (Lipinski definition) is 1. The van der Waals surface area contributed by atoms with Crippen molar-refractivity contribution >= 4 is 39.5 Å². The molecule has 2 rings (SSSR count). The standard InChI is InChI=1S/C17H14BrClFNO/c18-14-5-6-16(20)13(11-14)4-7-17(22)21-9-8-12-2-1-3-15(19)10-12/h1-7,10-11H,8-9H2,(H,21,22)/b7-4+. The van der Waals surface area contributed by atoms with E-state index in [9.17, 15) is 9.18 Å². The van der Waals surface area contributed by atoms with Crippen LogP contribution in [-0.2, 0) is 11.2 Å². The van der Waals surface area contributed by atoms with Crippen LogP contribution >= 0.6 is 27.5 Å². The minimum Gasteiger partial charge on any atom is -0.352 e. The van der Waals surface area contributed by atoms with Gasteiger partial charge in [-0.05, 0) is 48.4 Å². The van der Waals surface area contributed by atoms with Gasteiger partial charge in [0.25, 0.3) is 0 Å². The van der Waals surface area contributed by atoms with Crippen molar-refractivity contribution in [2.45, 2.75) is 6.42 Å². The van der Waals surface area contributed by atoms with Crippen LogP contribution in [0.5, 0.6) is 0 Å². The quantitative estimate of drug-likeness (QED) is 0.752. The molecule has 22 heavy (non-hydrogen) atoms. The molecule has 1 amide bonds. The molecule has 0 unspecified atom stereocenters. The second-order valence-corrected chi connectivity index (χ2v) is 6.02. The molecule has 0 saturated carbocycles. The fourth-order valence-corrected chi connectivity index (χ4v) is 2.48. The van der Waals surface area contributed by atoms with Crippen LogP contribution in [-0.4, -0.2) is 12.5 Å². The summed E-state index contributed by atoms with van der Waals surface area (Å²) in [5.41, 5.74) is 1.41. The Kier molecular flexibility index (Phi) is 6.16. The highest BCUT2D eigenvalue weighted by atomic mass is 79.9. The summed E-state index contributed by atoms with van der Waals surface area (Å²) in [5, 5.41) is 3.43. The van der Waals surface area contributed by atoms with Gasteiger partial charge in [0.1, 0.15) is 5.82 Å². The van der Waals surface area contributed by atoms with E-state index < -0.39 is 0 Å². The molecule has 1 N–H and O–H groups in total. The zero-order valence-electron chi connectivity index (χ0n) is 11.7. The topological polar surface area (TPSA) is 29.1 Å². The van der Waals surface area contributed by atoms with Crippen molar-refractivity contribution in [2.75, 3.05) is 6.54 Å². The van der Waals surface area contributed by atoms with Gasteiger partial charge in [-0.2, -0.15) is 0 Å². The first-order valence-corrected chi connectivity index (χ1v) is 7.87. The molecule has 2 aromatic rings. The lowest BCUT2D eigenvalue weighted by molar-refractivity contribution is -0.116. The zero-order chi connectivity index (χ0) is 15.9. The van der Waals surface area contributed by atoms with Crippen molar-refractivity contribution in [1.29, 1.82) is 0 Å². The lowest BCUT2D eigenvalue weighted by Gasteiger charge is -2.03. The molecular formula is C17H14BrClFNO. The number of carbonyl (C=O) groups is 1. The van der Waals surface area contributed by atoms with E-state index in [2.05, 4.69) is 21.2 Å². The lowest BCUT2D eigenvalue weighted by Crippen LogP contribution is -2.23. The van der Waals surface area contributed by atoms with E-state index in [1.165, 1.54) is 18.2 Å². The highest BCUT2D eigenvalue weighted by Crippen LogP contribution is 2.16. The van der Waals surface area contributed by atoms with E-state index in [4.69, 9.17) is 11.6 Å². The summed E-state index contributed by atoms with van der Waals surface area (Å²) in [7, 11) is 0. The summed E-state index contributed by atoms with van der Waals surface area (Å²) in [6.07, 6.45) is 3.46. The first kappa shape index (κ1) is 16.7. The Bertz CT molecular complexity index is 703. The van der Waals surface area contributed by atoms with Crippen molar-refractivity contribution in [3.05, 3.63) is 75.0 Å². The molecule has 0 aliphatic rings. The number of benzene rings is 2. The Morgan fingerprint density at radius 1 is 1.27 bits per heavy atom. The van der Waals surface area contributed by atoms with Gasteiger partial charge < -0.3 is 5.32 Å². The molecule has 2 aromatic carbocycles. The van der Waals surface area contributed by atoms with Crippen LogP contribution in [0, 0.1) is 5.82 Å². The molecule has 0 spiro atoms. The second-order valence-electron chi connectivity index (χ2n) is 4.67. The van der Waals surface area contributed by atoms with Gasteiger partial charge in [0.15, 0.2) is 0 Å². The third-order valence-electron chi connectivity index (χ3n) is 2.97. The van der Waals surface area contributed by atoms with Gasteiger partial charge in [-0.15, -0.1) is 0 Å². The van der Waals surface area contributed by atoms with Crippen molar-refractivity contribution in [1.82, 2.24) is 5.32 Å². The molecule has 0 aliphatic heterocycles.